The van der Waals surface area contributed by atoms with Crippen molar-refractivity contribution in [3.63, 3.8) is 0 Å². The van der Waals surface area contributed by atoms with Gasteiger partial charge in [-0.15, -0.1) is 0 Å². The van der Waals surface area contributed by atoms with E-state index in [9.17, 15) is 0 Å². The average molecular weight is 461 g/mol. The highest BCUT2D eigenvalue weighted by Crippen LogP contribution is 2.38. The normalized spacial score (nSPS) is 17.4. The fourth-order valence-corrected chi connectivity index (χ4v) is 3.70. The number of ether oxygens (including phenoxy) is 1. The first-order valence-electron chi connectivity index (χ1n) is 8.98. The number of hydrogen-bond acceptors (Lipinski definition) is 2. The Morgan fingerprint density at radius 3 is 2.52 bits per heavy atom. The van der Waals surface area contributed by atoms with Crippen LogP contribution in [-0.2, 0) is 6.37 Å². The first kappa shape index (κ1) is 14.4. The second kappa shape index (κ2) is 7.22. The minimum Gasteiger partial charge on any atom is -0.466 e. The van der Waals surface area contributed by atoms with Crippen molar-refractivity contribution in [2.24, 2.45) is 0 Å². The molecule has 4 rings (SSSR count). The Kier molecular flexibility index (Phi) is 4.16. The lowest BCUT2D eigenvalue weighted by Crippen LogP contribution is -2.31. The molecule has 0 amide bonds. The van der Waals surface area contributed by atoms with Gasteiger partial charge in [-0.3, -0.25) is 0 Å². The van der Waals surface area contributed by atoms with Crippen LogP contribution < -0.4 is 9.64 Å². The maximum Gasteiger partial charge on any atom is 0.198 e. The monoisotopic (exact) mass is 459 g/mol. The SMILES string of the molecule is [2H]C1([2H])CN([C@@H](Oc2cccc(Br)c2)c2ccccc2)c2ccc(Br)cc21. The Balaban J connectivity index is 1.78. The zero-order valence-corrected chi connectivity index (χ0v) is 16.5. The smallest absolute Gasteiger partial charge is 0.198 e. The Bertz CT molecular complexity index is 965. The lowest BCUT2D eigenvalue weighted by molar-refractivity contribution is 0.201. The molecule has 0 aliphatic carbocycles. The Morgan fingerprint density at radius 1 is 0.920 bits per heavy atom. The van der Waals surface area contributed by atoms with Gasteiger partial charge in [-0.05, 0) is 48.3 Å². The zero-order valence-electron chi connectivity index (χ0n) is 15.3. The minimum atomic E-state index is -1.45. The van der Waals surface area contributed by atoms with Gasteiger partial charge in [0, 0.05) is 29.5 Å². The average Bonchev–Trinajstić information content (AvgIpc) is 2.91. The van der Waals surface area contributed by atoms with Crippen molar-refractivity contribution >= 4 is 37.5 Å². The van der Waals surface area contributed by atoms with Gasteiger partial charge in [0.2, 0.25) is 0 Å². The number of benzene rings is 3. The van der Waals surface area contributed by atoms with Crippen LogP contribution in [-0.4, -0.2) is 6.54 Å². The van der Waals surface area contributed by atoms with E-state index >= 15 is 0 Å². The molecule has 1 aliphatic heterocycles. The largest absolute Gasteiger partial charge is 0.466 e. The molecule has 0 bridgehead atoms. The van der Waals surface area contributed by atoms with E-state index in [1.54, 1.807) is 0 Å². The lowest BCUT2D eigenvalue weighted by Gasteiger charge is -2.31. The summed E-state index contributed by atoms with van der Waals surface area (Å²) < 4.78 is 25.2. The molecule has 0 unspecified atom stereocenters. The van der Waals surface area contributed by atoms with Gasteiger partial charge in [-0.1, -0.05) is 68.3 Å². The molecule has 4 heteroatoms. The number of anilines is 1. The van der Waals surface area contributed by atoms with E-state index in [4.69, 9.17) is 7.48 Å². The summed E-state index contributed by atoms with van der Waals surface area (Å²) in [7, 11) is 0. The van der Waals surface area contributed by atoms with E-state index < -0.39 is 12.6 Å². The quantitative estimate of drug-likeness (QED) is 0.449. The first-order valence-corrected chi connectivity index (χ1v) is 9.56. The third-order valence-electron chi connectivity index (χ3n) is 4.12. The molecule has 0 N–H and O–H groups in total. The molecule has 1 aliphatic rings. The van der Waals surface area contributed by atoms with Crippen LogP contribution in [0.2, 0.25) is 0 Å². The molecule has 2 nitrogen and oxygen atoms in total. The summed E-state index contributed by atoms with van der Waals surface area (Å²) in [5.41, 5.74) is 2.51. The van der Waals surface area contributed by atoms with Crippen molar-refractivity contribution in [3.8, 4) is 5.75 Å². The predicted molar refractivity (Wildman–Crippen MR) is 109 cm³/mol. The van der Waals surface area contributed by atoms with Gasteiger partial charge >= 0.3 is 0 Å². The van der Waals surface area contributed by atoms with Crippen molar-refractivity contribution in [2.45, 2.75) is 12.6 Å². The predicted octanol–water partition coefficient (Wildman–Crippen LogP) is 6.35. The fraction of sp³-hybridized carbons (Fsp3) is 0.143. The van der Waals surface area contributed by atoms with E-state index in [0.717, 1.165) is 25.9 Å². The molecule has 1 atom stereocenters. The maximum absolute atomic E-state index is 8.51. The third-order valence-corrected chi connectivity index (χ3v) is 5.11. The van der Waals surface area contributed by atoms with E-state index in [1.165, 1.54) is 0 Å². The number of rotatable bonds is 4. The number of fused-ring (bicyclic) bond motifs is 1. The van der Waals surface area contributed by atoms with Crippen molar-refractivity contribution in [1.29, 1.82) is 0 Å². The van der Waals surface area contributed by atoms with Crippen LogP contribution >= 0.6 is 31.9 Å². The Labute approximate surface area is 167 Å². The van der Waals surface area contributed by atoms with Crippen LogP contribution in [0.15, 0.2) is 81.7 Å². The molecule has 3 aromatic carbocycles. The van der Waals surface area contributed by atoms with Gasteiger partial charge in [-0.25, -0.2) is 0 Å². The molecule has 0 saturated carbocycles. The number of halogens is 2. The highest BCUT2D eigenvalue weighted by Gasteiger charge is 2.28. The van der Waals surface area contributed by atoms with Gasteiger partial charge in [0.15, 0.2) is 6.23 Å². The molecule has 3 aromatic rings. The fourth-order valence-electron chi connectivity index (χ4n) is 2.96. The van der Waals surface area contributed by atoms with Gasteiger partial charge in [0.25, 0.3) is 0 Å². The minimum absolute atomic E-state index is 0.229. The molecular weight excluding hydrogens is 442 g/mol. The van der Waals surface area contributed by atoms with Gasteiger partial charge in [0.05, 0.1) is 0 Å². The summed E-state index contributed by atoms with van der Waals surface area (Å²) in [5, 5.41) is 0. The second-order valence-corrected chi connectivity index (χ2v) is 7.64. The standard InChI is InChI=1S/C21H17Br2NO/c22-17-7-4-8-19(14-17)25-21(15-5-2-1-3-6-15)24-12-11-16-13-18(23)9-10-20(16)24/h1-10,13-14,21H,11-12H2/t21-/m0/s1/i11D2. The zero-order chi connectivity index (χ0) is 19.0. The summed E-state index contributed by atoms with van der Waals surface area (Å²) in [6.07, 6.45) is -1.88. The molecule has 0 saturated heterocycles. The van der Waals surface area contributed by atoms with Crippen LogP contribution in [0.5, 0.6) is 5.75 Å². The molecule has 0 aromatic heterocycles. The van der Waals surface area contributed by atoms with Crippen LogP contribution in [0, 0.1) is 0 Å². The van der Waals surface area contributed by atoms with E-state index in [-0.39, 0.29) is 6.54 Å². The maximum atomic E-state index is 8.51. The van der Waals surface area contributed by atoms with E-state index in [1.807, 2.05) is 77.7 Å². The molecule has 126 valence electrons. The van der Waals surface area contributed by atoms with Gasteiger partial charge in [-0.2, -0.15) is 0 Å². The summed E-state index contributed by atoms with van der Waals surface area (Å²) in [6, 6.07) is 23.4. The van der Waals surface area contributed by atoms with Gasteiger partial charge < -0.3 is 9.64 Å². The Hall–Kier alpha value is -1.78. The third kappa shape index (κ3) is 3.60. The molecule has 0 fully saturated rings. The summed E-state index contributed by atoms with van der Waals surface area (Å²) in [6.45, 7) is 0.229. The Morgan fingerprint density at radius 2 is 1.72 bits per heavy atom. The highest BCUT2D eigenvalue weighted by molar-refractivity contribution is 9.10. The van der Waals surface area contributed by atoms with Crippen LogP contribution in [0.25, 0.3) is 0 Å². The second-order valence-electron chi connectivity index (χ2n) is 5.80. The van der Waals surface area contributed by atoms with Crippen molar-refractivity contribution in [2.75, 3.05) is 11.4 Å². The lowest BCUT2D eigenvalue weighted by atomic mass is 10.1. The highest BCUT2D eigenvalue weighted by atomic mass is 79.9. The van der Waals surface area contributed by atoms with Crippen molar-refractivity contribution < 1.29 is 7.48 Å². The topological polar surface area (TPSA) is 12.5 Å². The molecular formula is C21H17Br2NO. The van der Waals surface area contributed by atoms with Gasteiger partial charge in [0.1, 0.15) is 5.75 Å². The van der Waals surface area contributed by atoms with Crippen molar-refractivity contribution in [3.05, 3.63) is 92.9 Å². The molecule has 1 heterocycles. The summed E-state index contributed by atoms with van der Waals surface area (Å²) >= 11 is 6.94. The molecule has 0 spiro atoms. The molecule has 25 heavy (non-hydrogen) atoms. The van der Waals surface area contributed by atoms with Crippen LogP contribution in [0.4, 0.5) is 5.69 Å². The summed E-state index contributed by atoms with van der Waals surface area (Å²) in [5.74, 6) is 0.726. The van der Waals surface area contributed by atoms with Crippen LogP contribution in [0.1, 0.15) is 20.1 Å². The summed E-state index contributed by atoms with van der Waals surface area (Å²) in [4.78, 5) is 2.00. The van der Waals surface area contributed by atoms with Crippen LogP contribution in [0.3, 0.4) is 0 Å². The molecule has 0 radical (unpaired) electrons. The van der Waals surface area contributed by atoms with E-state index in [2.05, 4.69) is 31.9 Å². The number of hydrogen-bond donors (Lipinski definition) is 0. The van der Waals surface area contributed by atoms with Crippen molar-refractivity contribution in [1.82, 2.24) is 0 Å². The number of nitrogens with zero attached hydrogens (tertiary/aromatic N) is 1. The first-order chi connectivity index (χ1) is 12.9. The van der Waals surface area contributed by atoms with E-state index in [0.29, 0.717) is 5.56 Å².